The first kappa shape index (κ1) is 17.6. The highest BCUT2D eigenvalue weighted by atomic mass is 32.2. The van der Waals surface area contributed by atoms with Crippen molar-refractivity contribution in [1.82, 2.24) is 14.8 Å². The van der Waals surface area contributed by atoms with Gasteiger partial charge < -0.3 is 5.32 Å². The summed E-state index contributed by atoms with van der Waals surface area (Å²) in [6.07, 6.45) is 3.39. The van der Waals surface area contributed by atoms with Crippen LogP contribution in [0.4, 0.5) is 10.3 Å². The van der Waals surface area contributed by atoms with Gasteiger partial charge >= 0.3 is 0 Å². The molecule has 0 saturated carbocycles. The van der Waals surface area contributed by atoms with Crippen LogP contribution in [0.2, 0.25) is 0 Å². The Balaban J connectivity index is 1.49. The number of hydrogen-bond donors (Lipinski definition) is 1. The van der Waals surface area contributed by atoms with Crippen LogP contribution >= 0.6 is 23.1 Å². The number of thioether (sulfide) groups is 1. The highest BCUT2D eigenvalue weighted by Crippen LogP contribution is 2.43. The molecule has 2 atom stereocenters. The van der Waals surface area contributed by atoms with E-state index in [0.717, 1.165) is 17.0 Å². The van der Waals surface area contributed by atoms with Gasteiger partial charge in [0, 0.05) is 22.7 Å². The molecule has 0 amide bonds. The maximum atomic E-state index is 13.9. The van der Waals surface area contributed by atoms with Crippen molar-refractivity contribution < 1.29 is 9.18 Å². The van der Waals surface area contributed by atoms with Crippen LogP contribution in [-0.2, 0) is 10.5 Å². The third-order valence-corrected chi connectivity index (χ3v) is 6.86. The molecular formula is C20H17FN4OS2. The Kier molecular flexibility index (Phi) is 4.52. The Labute approximate surface area is 169 Å². The number of aromatic nitrogens is 3. The fraction of sp³-hybridized carbons (Fsp3) is 0.250. The molecule has 0 spiro atoms. The average molecular weight is 413 g/mol. The molecule has 1 aromatic carbocycles. The minimum absolute atomic E-state index is 0.189. The molecule has 0 bridgehead atoms. The molecule has 8 heteroatoms. The van der Waals surface area contributed by atoms with Crippen molar-refractivity contribution in [2.75, 3.05) is 5.32 Å². The highest BCUT2D eigenvalue weighted by Gasteiger charge is 2.42. The second-order valence-electron chi connectivity index (χ2n) is 6.77. The van der Waals surface area contributed by atoms with Crippen LogP contribution in [0.5, 0.6) is 0 Å². The number of nitrogens with one attached hydrogen (secondary N) is 1. The van der Waals surface area contributed by atoms with E-state index in [9.17, 15) is 9.18 Å². The van der Waals surface area contributed by atoms with Gasteiger partial charge in [0.15, 0.2) is 0 Å². The van der Waals surface area contributed by atoms with Crippen molar-refractivity contribution in [2.24, 2.45) is 5.92 Å². The first-order valence-corrected chi connectivity index (χ1v) is 10.9. The number of carbonyl (C=O) groups excluding carboxylic acids is 1. The minimum Gasteiger partial charge on any atom is -0.328 e. The predicted octanol–water partition coefficient (Wildman–Crippen LogP) is 4.65. The molecule has 0 fully saturated rings. The molecule has 1 aliphatic carbocycles. The molecule has 1 aliphatic heterocycles. The van der Waals surface area contributed by atoms with Crippen molar-refractivity contribution in [2.45, 2.75) is 29.8 Å². The summed E-state index contributed by atoms with van der Waals surface area (Å²) in [5, 5.41) is 10.5. The molecule has 3 heterocycles. The summed E-state index contributed by atoms with van der Waals surface area (Å²) in [5.74, 6) is 0.822. The number of ketones is 1. The quantitative estimate of drug-likeness (QED) is 0.632. The number of anilines is 1. The maximum Gasteiger partial charge on any atom is 0.227 e. The van der Waals surface area contributed by atoms with Gasteiger partial charge in [-0.15, -0.1) is 16.4 Å². The number of halogens is 1. The monoisotopic (exact) mass is 412 g/mol. The Morgan fingerprint density at radius 1 is 1.29 bits per heavy atom. The van der Waals surface area contributed by atoms with Gasteiger partial charge in [0.05, 0.1) is 5.92 Å². The molecule has 28 heavy (non-hydrogen) atoms. The van der Waals surface area contributed by atoms with E-state index in [1.54, 1.807) is 23.5 Å². The fourth-order valence-corrected chi connectivity index (χ4v) is 5.38. The topological polar surface area (TPSA) is 59.8 Å². The number of rotatable bonds is 4. The van der Waals surface area contributed by atoms with Crippen molar-refractivity contribution in [3.8, 4) is 0 Å². The lowest BCUT2D eigenvalue weighted by Crippen LogP contribution is -2.38. The Morgan fingerprint density at radius 3 is 3.00 bits per heavy atom. The molecule has 1 N–H and O–H groups in total. The first-order valence-electron chi connectivity index (χ1n) is 9.06. The summed E-state index contributed by atoms with van der Waals surface area (Å²) >= 11 is 3.01. The van der Waals surface area contributed by atoms with Crippen molar-refractivity contribution in [3.05, 3.63) is 69.8 Å². The predicted molar refractivity (Wildman–Crippen MR) is 108 cm³/mol. The smallest absolute Gasteiger partial charge is 0.227 e. The lowest BCUT2D eigenvalue weighted by Gasteiger charge is -2.35. The Bertz CT molecular complexity index is 1060. The lowest BCUT2D eigenvalue weighted by atomic mass is 9.83. The van der Waals surface area contributed by atoms with Crippen LogP contribution in [0.15, 0.2) is 58.7 Å². The number of thiophene rings is 1. The first-order chi connectivity index (χ1) is 13.7. The standard InChI is InChI=1S/C20H17FN4OS2/c21-13-6-2-1-5-12(13)11-28-20-23-19-22-14-7-3-8-15(26)17(14)18(25(19)24-20)16-9-4-10-27-16/h1-2,4-7,9-10,17-18H,3,8,11H2,(H,22,23,24)/t17-,18-/m0/s1. The molecule has 2 aromatic heterocycles. The number of Topliss-reactive ketones (excluding diaryl/α,β-unsaturated/α-hetero) is 1. The average Bonchev–Trinajstić information content (AvgIpc) is 3.35. The van der Waals surface area contributed by atoms with Gasteiger partial charge in [-0.3, -0.25) is 4.79 Å². The molecule has 5 nitrogen and oxygen atoms in total. The van der Waals surface area contributed by atoms with Crippen LogP contribution in [0.3, 0.4) is 0 Å². The summed E-state index contributed by atoms with van der Waals surface area (Å²) < 4.78 is 15.7. The Hall–Kier alpha value is -2.45. The van der Waals surface area contributed by atoms with Crippen molar-refractivity contribution in [3.63, 3.8) is 0 Å². The molecule has 0 unspecified atom stereocenters. The molecule has 5 rings (SSSR count). The zero-order valence-electron chi connectivity index (χ0n) is 14.8. The number of carbonyl (C=O) groups is 1. The molecule has 2 aliphatic rings. The van der Waals surface area contributed by atoms with E-state index in [2.05, 4.69) is 21.5 Å². The van der Waals surface area contributed by atoms with Crippen molar-refractivity contribution >= 4 is 34.8 Å². The molecule has 142 valence electrons. The highest BCUT2D eigenvalue weighted by molar-refractivity contribution is 7.98. The molecular weight excluding hydrogens is 395 g/mol. The zero-order valence-corrected chi connectivity index (χ0v) is 16.5. The number of benzene rings is 1. The van der Waals surface area contributed by atoms with Gasteiger partial charge in [-0.1, -0.05) is 42.1 Å². The summed E-state index contributed by atoms with van der Waals surface area (Å²) in [7, 11) is 0. The number of nitrogens with zero attached hydrogens (tertiary/aromatic N) is 3. The van der Waals surface area contributed by atoms with Gasteiger partial charge in [0.2, 0.25) is 11.1 Å². The normalized spacial score (nSPS) is 20.9. The van der Waals surface area contributed by atoms with Crippen molar-refractivity contribution in [1.29, 1.82) is 0 Å². The van der Waals surface area contributed by atoms with E-state index in [4.69, 9.17) is 0 Å². The summed E-state index contributed by atoms with van der Waals surface area (Å²) in [6.45, 7) is 0. The van der Waals surface area contributed by atoms with Crippen LogP contribution in [-0.4, -0.2) is 20.5 Å². The second kappa shape index (κ2) is 7.18. The summed E-state index contributed by atoms with van der Waals surface area (Å²) in [4.78, 5) is 18.4. The van der Waals surface area contributed by atoms with E-state index in [1.807, 2.05) is 28.3 Å². The number of fused-ring (bicyclic) bond motifs is 2. The molecule has 0 radical (unpaired) electrons. The SMILES string of the molecule is O=C1CCC=C2Nc3nc(SCc4ccccc4F)nn3[C@@H](c3cccs3)[C@H]12. The number of allylic oxidation sites excluding steroid dienone is 2. The maximum absolute atomic E-state index is 13.9. The molecule has 3 aromatic rings. The van der Waals surface area contributed by atoms with Gasteiger partial charge in [0.1, 0.15) is 17.6 Å². The van der Waals surface area contributed by atoms with Crippen LogP contribution in [0.25, 0.3) is 0 Å². The molecule has 0 saturated heterocycles. The van der Waals surface area contributed by atoms with E-state index < -0.39 is 0 Å². The van der Waals surface area contributed by atoms with Gasteiger partial charge in [-0.05, 0) is 29.5 Å². The fourth-order valence-electron chi connectivity index (χ4n) is 3.72. The lowest BCUT2D eigenvalue weighted by molar-refractivity contribution is -0.123. The Morgan fingerprint density at radius 2 is 2.18 bits per heavy atom. The minimum atomic E-state index is -0.258. The van der Waals surface area contributed by atoms with E-state index in [0.29, 0.717) is 28.8 Å². The second-order valence-corrected chi connectivity index (χ2v) is 8.69. The zero-order chi connectivity index (χ0) is 19.1. The third-order valence-electron chi connectivity index (χ3n) is 5.03. The van der Waals surface area contributed by atoms with Crippen LogP contribution < -0.4 is 5.32 Å². The van der Waals surface area contributed by atoms with Gasteiger partial charge in [0.25, 0.3) is 0 Å². The third kappa shape index (κ3) is 3.06. The van der Waals surface area contributed by atoms with E-state index >= 15 is 0 Å². The summed E-state index contributed by atoms with van der Waals surface area (Å²) in [5.41, 5.74) is 1.54. The largest absolute Gasteiger partial charge is 0.328 e. The van der Waals surface area contributed by atoms with Crippen LogP contribution in [0, 0.1) is 11.7 Å². The van der Waals surface area contributed by atoms with E-state index in [1.165, 1.54) is 17.8 Å². The summed E-state index contributed by atoms with van der Waals surface area (Å²) in [6, 6.07) is 10.6. The van der Waals surface area contributed by atoms with Gasteiger partial charge in [-0.25, -0.2) is 9.07 Å². The van der Waals surface area contributed by atoms with Gasteiger partial charge in [-0.2, -0.15) is 4.98 Å². The van der Waals surface area contributed by atoms with Crippen LogP contribution in [0.1, 0.15) is 29.3 Å². The van der Waals surface area contributed by atoms with E-state index in [-0.39, 0.29) is 23.6 Å². The number of hydrogen-bond acceptors (Lipinski definition) is 6.